The third kappa shape index (κ3) is 4.89. The summed E-state index contributed by atoms with van der Waals surface area (Å²) >= 11 is 0. The van der Waals surface area contributed by atoms with Crippen molar-refractivity contribution in [2.24, 2.45) is 0 Å². The van der Waals surface area contributed by atoms with Crippen LogP contribution in [0.25, 0.3) is 0 Å². The summed E-state index contributed by atoms with van der Waals surface area (Å²) in [6.07, 6.45) is 0. The number of carbonyl (C=O) groups is 1. The molecule has 0 spiro atoms. The minimum atomic E-state index is -3.69. The number of anilines is 1. The van der Waals surface area contributed by atoms with Crippen molar-refractivity contribution in [3.63, 3.8) is 0 Å². The highest BCUT2D eigenvalue weighted by atomic mass is 32.2. The Morgan fingerprint density at radius 1 is 1.04 bits per heavy atom. The predicted octanol–water partition coefficient (Wildman–Crippen LogP) is 3.89. The standard InChI is InChI=1S/C19H23FN2O3S/c1-12(2)17-11-15(8-9-18(17)20)21-19(23)14-6-5-7-16(10-14)26(24,25)22-13(3)4/h5-13,22H,1-4H3,(H,21,23). The first-order chi connectivity index (χ1) is 12.1. The number of benzene rings is 2. The second kappa shape index (κ2) is 7.97. The first-order valence-corrected chi connectivity index (χ1v) is 9.81. The summed E-state index contributed by atoms with van der Waals surface area (Å²) in [5.41, 5.74) is 1.15. The molecule has 0 aliphatic heterocycles. The molecule has 0 heterocycles. The van der Waals surface area contributed by atoms with E-state index in [9.17, 15) is 17.6 Å². The molecule has 0 aromatic heterocycles. The third-order valence-corrected chi connectivity index (χ3v) is 5.33. The molecule has 1 amide bonds. The van der Waals surface area contributed by atoms with Gasteiger partial charge in [-0.3, -0.25) is 4.79 Å². The average Bonchev–Trinajstić information content (AvgIpc) is 2.55. The van der Waals surface area contributed by atoms with Gasteiger partial charge in [-0.15, -0.1) is 0 Å². The van der Waals surface area contributed by atoms with Crippen molar-refractivity contribution in [1.82, 2.24) is 4.72 Å². The van der Waals surface area contributed by atoms with Crippen molar-refractivity contribution in [2.75, 3.05) is 5.32 Å². The van der Waals surface area contributed by atoms with Crippen molar-refractivity contribution in [1.29, 1.82) is 0 Å². The molecule has 26 heavy (non-hydrogen) atoms. The van der Waals surface area contributed by atoms with Crippen molar-refractivity contribution in [2.45, 2.75) is 44.6 Å². The SMILES string of the molecule is CC(C)NS(=O)(=O)c1cccc(C(=O)Nc2ccc(F)c(C(C)C)c2)c1. The Bertz CT molecular complexity index is 909. The quantitative estimate of drug-likeness (QED) is 0.801. The van der Waals surface area contributed by atoms with Crippen LogP contribution in [-0.4, -0.2) is 20.4 Å². The highest BCUT2D eigenvalue weighted by Crippen LogP contribution is 2.23. The first kappa shape index (κ1) is 20.1. The molecular formula is C19H23FN2O3S. The number of halogens is 1. The zero-order valence-electron chi connectivity index (χ0n) is 15.2. The molecule has 0 radical (unpaired) electrons. The Labute approximate surface area is 153 Å². The van der Waals surface area contributed by atoms with Crippen LogP contribution in [0.3, 0.4) is 0 Å². The minimum absolute atomic E-state index is 0.0147. The van der Waals surface area contributed by atoms with E-state index in [1.807, 2.05) is 13.8 Å². The largest absolute Gasteiger partial charge is 0.322 e. The van der Waals surface area contributed by atoms with Crippen molar-refractivity contribution < 1.29 is 17.6 Å². The van der Waals surface area contributed by atoms with E-state index in [0.717, 1.165) is 0 Å². The summed E-state index contributed by atoms with van der Waals surface area (Å²) in [6, 6.07) is 9.87. The molecule has 7 heteroatoms. The van der Waals surface area contributed by atoms with Gasteiger partial charge >= 0.3 is 0 Å². The Hall–Kier alpha value is -2.25. The van der Waals surface area contributed by atoms with E-state index in [1.165, 1.54) is 36.4 Å². The van der Waals surface area contributed by atoms with Gasteiger partial charge in [0.25, 0.3) is 5.91 Å². The summed E-state index contributed by atoms with van der Waals surface area (Å²) in [6.45, 7) is 7.16. The normalized spacial score (nSPS) is 11.8. The lowest BCUT2D eigenvalue weighted by Crippen LogP contribution is -2.30. The summed E-state index contributed by atoms with van der Waals surface area (Å²) in [4.78, 5) is 12.5. The molecule has 2 aromatic rings. The number of sulfonamides is 1. The Morgan fingerprint density at radius 3 is 2.35 bits per heavy atom. The molecule has 2 N–H and O–H groups in total. The van der Waals surface area contributed by atoms with Gasteiger partial charge in [-0.2, -0.15) is 0 Å². The van der Waals surface area contributed by atoms with Gasteiger partial charge in [0, 0.05) is 17.3 Å². The molecule has 0 aliphatic rings. The zero-order chi connectivity index (χ0) is 19.5. The van der Waals surface area contributed by atoms with Crippen LogP contribution in [0.4, 0.5) is 10.1 Å². The van der Waals surface area contributed by atoms with Crippen LogP contribution in [0.1, 0.15) is 49.5 Å². The van der Waals surface area contributed by atoms with Crippen LogP contribution >= 0.6 is 0 Å². The molecule has 2 aromatic carbocycles. The Kier molecular flexibility index (Phi) is 6.15. The monoisotopic (exact) mass is 378 g/mol. The Morgan fingerprint density at radius 2 is 1.73 bits per heavy atom. The predicted molar refractivity (Wildman–Crippen MR) is 100 cm³/mol. The number of rotatable bonds is 6. The van der Waals surface area contributed by atoms with Crippen molar-refractivity contribution in [3.8, 4) is 0 Å². The fourth-order valence-corrected chi connectivity index (χ4v) is 3.75. The topological polar surface area (TPSA) is 75.3 Å². The highest BCUT2D eigenvalue weighted by Gasteiger charge is 2.17. The molecule has 0 bridgehead atoms. The van der Waals surface area contributed by atoms with Crippen LogP contribution < -0.4 is 10.0 Å². The van der Waals surface area contributed by atoms with E-state index in [1.54, 1.807) is 19.9 Å². The van der Waals surface area contributed by atoms with Crippen molar-refractivity contribution in [3.05, 3.63) is 59.4 Å². The fourth-order valence-electron chi connectivity index (χ4n) is 2.45. The highest BCUT2D eigenvalue weighted by molar-refractivity contribution is 7.89. The molecule has 0 aliphatic carbocycles. The molecule has 0 unspecified atom stereocenters. The fraction of sp³-hybridized carbons (Fsp3) is 0.316. The zero-order valence-corrected chi connectivity index (χ0v) is 16.0. The van der Waals surface area contributed by atoms with E-state index in [4.69, 9.17) is 0 Å². The van der Waals surface area contributed by atoms with E-state index in [2.05, 4.69) is 10.0 Å². The smallest absolute Gasteiger partial charge is 0.255 e. The average molecular weight is 378 g/mol. The van der Waals surface area contributed by atoms with Gasteiger partial charge in [-0.05, 0) is 61.7 Å². The van der Waals surface area contributed by atoms with Crippen LogP contribution in [0.5, 0.6) is 0 Å². The first-order valence-electron chi connectivity index (χ1n) is 8.33. The molecule has 0 fully saturated rings. The lowest BCUT2D eigenvalue weighted by molar-refractivity contribution is 0.102. The van der Waals surface area contributed by atoms with Gasteiger partial charge in [0.15, 0.2) is 0 Å². The number of hydrogen-bond acceptors (Lipinski definition) is 3. The summed E-state index contributed by atoms with van der Waals surface area (Å²) in [7, 11) is -3.69. The van der Waals surface area contributed by atoms with Crippen LogP contribution in [0, 0.1) is 5.82 Å². The van der Waals surface area contributed by atoms with E-state index in [-0.39, 0.29) is 28.2 Å². The molecule has 0 saturated heterocycles. The van der Waals surface area contributed by atoms with E-state index < -0.39 is 15.9 Å². The summed E-state index contributed by atoms with van der Waals surface area (Å²) < 4.78 is 40.8. The maximum atomic E-state index is 13.8. The molecule has 2 rings (SSSR count). The van der Waals surface area contributed by atoms with E-state index in [0.29, 0.717) is 11.3 Å². The minimum Gasteiger partial charge on any atom is -0.322 e. The van der Waals surface area contributed by atoms with Gasteiger partial charge in [0.2, 0.25) is 10.0 Å². The van der Waals surface area contributed by atoms with Crippen molar-refractivity contribution >= 4 is 21.6 Å². The van der Waals surface area contributed by atoms with Gasteiger partial charge in [-0.25, -0.2) is 17.5 Å². The molecule has 5 nitrogen and oxygen atoms in total. The number of hydrogen-bond donors (Lipinski definition) is 2. The molecule has 140 valence electrons. The van der Waals surface area contributed by atoms with Gasteiger partial charge < -0.3 is 5.32 Å². The number of amides is 1. The van der Waals surface area contributed by atoms with Gasteiger partial charge in [0.1, 0.15) is 5.82 Å². The summed E-state index contributed by atoms with van der Waals surface area (Å²) in [5.74, 6) is -0.818. The molecule has 0 saturated carbocycles. The van der Waals surface area contributed by atoms with E-state index >= 15 is 0 Å². The van der Waals surface area contributed by atoms with Gasteiger partial charge in [0.05, 0.1) is 4.90 Å². The summed E-state index contributed by atoms with van der Waals surface area (Å²) in [5, 5.41) is 2.68. The molecular weight excluding hydrogens is 355 g/mol. The van der Waals surface area contributed by atoms with Crippen LogP contribution in [0.15, 0.2) is 47.4 Å². The third-order valence-electron chi connectivity index (χ3n) is 3.67. The Balaban J connectivity index is 2.26. The van der Waals surface area contributed by atoms with Crippen LogP contribution in [0.2, 0.25) is 0 Å². The second-order valence-electron chi connectivity index (χ2n) is 6.65. The van der Waals surface area contributed by atoms with Gasteiger partial charge in [-0.1, -0.05) is 19.9 Å². The van der Waals surface area contributed by atoms with Crippen LogP contribution in [-0.2, 0) is 10.0 Å². The lowest BCUT2D eigenvalue weighted by atomic mass is 10.0. The number of carbonyl (C=O) groups excluding carboxylic acids is 1. The maximum Gasteiger partial charge on any atom is 0.255 e. The molecule has 0 atom stereocenters. The lowest BCUT2D eigenvalue weighted by Gasteiger charge is -2.12. The maximum absolute atomic E-state index is 13.8. The second-order valence-corrected chi connectivity index (χ2v) is 8.36. The number of nitrogens with one attached hydrogen (secondary N) is 2.